The lowest BCUT2D eigenvalue weighted by Gasteiger charge is -2.28. The van der Waals surface area contributed by atoms with Crippen molar-refractivity contribution in [3.63, 3.8) is 0 Å². The number of aromatic amines is 1. The van der Waals surface area contributed by atoms with Gasteiger partial charge in [0, 0.05) is 47.2 Å². The molecule has 1 unspecified atom stereocenters. The standard InChI is InChI=1S/C33H36N4O6/c1-32(2,15-21-17-35-29-23(21)7-5-10-26(29)43-27-12-11-20(16-34-27)30(39)40)36-18-22(38)19-42-25-9-6-8-24-28(25)33(31(41)37-24)13-3-4-14-33/h5-12,16-17,22,35-36,38H,3-4,13-15,18-19H2,1-2H3,(H,37,41)(H,39,40). The molecule has 1 aliphatic carbocycles. The molecule has 2 aliphatic rings. The predicted molar refractivity (Wildman–Crippen MR) is 162 cm³/mol. The highest BCUT2D eigenvalue weighted by Crippen LogP contribution is 2.52. The molecule has 6 rings (SSSR count). The number of anilines is 1. The number of aliphatic hydroxyl groups excluding tert-OH is 1. The van der Waals surface area contributed by atoms with Crippen molar-refractivity contribution in [3.05, 3.63) is 77.6 Å². The van der Waals surface area contributed by atoms with Gasteiger partial charge in [-0.2, -0.15) is 0 Å². The Kier molecular flexibility index (Phi) is 7.57. The van der Waals surface area contributed by atoms with Gasteiger partial charge >= 0.3 is 5.97 Å². The van der Waals surface area contributed by atoms with Crippen LogP contribution < -0.4 is 20.1 Å². The van der Waals surface area contributed by atoms with Crippen LogP contribution in [0.5, 0.6) is 17.4 Å². The number of aromatic carboxylic acids is 1. The van der Waals surface area contributed by atoms with Gasteiger partial charge in [-0.3, -0.25) is 4.79 Å². The molecule has 2 aromatic carbocycles. The largest absolute Gasteiger partial charge is 0.490 e. The van der Waals surface area contributed by atoms with Crippen LogP contribution in [0, 0.1) is 0 Å². The summed E-state index contributed by atoms with van der Waals surface area (Å²) in [5.41, 5.74) is 2.88. The fourth-order valence-electron chi connectivity index (χ4n) is 6.33. The van der Waals surface area contributed by atoms with E-state index in [9.17, 15) is 14.7 Å². The lowest BCUT2D eigenvalue weighted by molar-refractivity contribution is -0.120. The predicted octanol–water partition coefficient (Wildman–Crippen LogP) is 5.17. The molecule has 1 atom stereocenters. The SMILES string of the molecule is CC(C)(Cc1c[nH]c2c(Oc3ccc(C(=O)O)cn3)cccc12)NCC(O)COc1cccc2c1C1(CCCC1)C(=O)N2. The number of benzene rings is 2. The van der Waals surface area contributed by atoms with Crippen LogP contribution >= 0.6 is 0 Å². The Morgan fingerprint density at radius 2 is 1.88 bits per heavy atom. The third kappa shape index (κ3) is 5.68. The van der Waals surface area contributed by atoms with Crippen LogP contribution in [0.1, 0.15) is 61.0 Å². The van der Waals surface area contributed by atoms with Gasteiger partial charge in [-0.25, -0.2) is 9.78 Å². The van der Waals surface area contributed by atoms with E-state index in [0.29, 0.717) is 30.3 Å². The fourth-order valence-corrected chi connectivity index (χ4v) is 6.33. The number of aliphatic hydroxyl groups is 1. The maximum absolute atomic E-state index is 12.8. The number of fused-ring (bicyclic) bond motifs is 3. The summed E-state index contributed by atoms with van der Waals surface area (Å²) in [6, 6.07) is 14.4. The highest BCUT2D eigenvalue weighted by atomic mass is 16.5. The number of pyridine rings is 1. The Labute approximate surface area is 249 Å². The van der Waals surface area contributed by atoms with E-state index in [1.165, 1.54) is 18.3 Å². The quantitative estimate of drug-likeness (QED) is 0.162. The molecule has 1 fully saturated rings. The number of ether oxygens (including phenoxy) is 2. The minimum absolute atomic E-state index is 0.0574. The van der Waals surface area contributed by atoms with Gasteiger partial charge in [0.25, 0.3) is 0 Å². The molecule has 0 bridgehead atoms. The molecule has 0 radical (unpaired) electrons. The average Bonchev–Trinajstić information content (AvgIpc) is 3.70. The molecule has 4 aromatic rings. The molecule has 10 nitrogen and oxygen atoms in total. The van der Waals surface area contributed by atoms with Gasteiger partial charge < -0.3 is 35.3 Å². The van der Waals surface area contributed by atoms with Gasteiger partial charge in [0.15, 0.2) is 5.75 Å². The van der Waals surface area contributed by atoms with Crippen LogP contribution in [-0.2, 0) is 16.6 Å². The third-order valence-electron chi connectivity index (χ3n) is 8.49. The number of carboxylic acids is 1. The van der Waals surface area contributed by atoms with Crippen LogP contribution in [0.15, 0.2) is 60.9 Å². The molecule has 224 valence electrons. The van der Waals surface area contributed by atoms with Crippen molar-refractivity contribution >= 4 is 28.5 Å². The Balaban J connectivity index is 1.07. The minimum atomic E-state index is -1.04. The Morgan fingerprint density at radius 3 is 2.63 bits per heavy atom. The minimum Gasteiger partial charge on any atom is -0.490 e. The molecular formula is C33H36N4O6. The first-order valence-corrected chi connectivity index (χ1v) is 14.6. The van der Waals surface area contributed by atoms with E-state index in [1.807, 2.05) is 42.6 Å². The Morgan fingerprint density at radius 1 is 1.12 bits per heavy atom. The summed E-state index contributed by atoms with van der Waals surface area (Å²) in [6.07, 6.45) is 6.83. The number of hydrogen-bond donors (Lipinski definition) is 5. The number of aromatic nitrogens is 2. The topological polar surface area (TPSA) is 146 Å². The normalized spacial score (nSPS) is 16.3. The van der Waals surface area contributed by atoms with Crippen molar-refractivity contribution in [2.75, 3.05) is 18.5 Å². The molecule has 0 saturated heterocycles. The van der Waals surface area contributed by atoms with Gasteiger partial charge in [0.1, 0.15) is 18.5 Å². The summed E-state index contributed by atoms with van der Waals surface area (Å²) in [7, 11) is 0. The Hall–Kier alpha value is -4.41. The maximum atomic E-state index is 12.8. The molecule has 1 aliphatic heterocycles. The first kappa shape index (κ1) is 28.7. The van der Waals surface area contributed by atoms with Crippen molar-refractivity contribution in [1.82, 2.24) is 15.3 Å². The van der Waals surface area contributed by atoms with Gasteiger partial charge in [-0.1, -0.05) is 31.0 Å². The van der Waals surface area contributed by atoms with E-state index >= 15 is 0 Å². The van der Waals surface area contributed by atoms with Gasteiger partial charge in [-0.15, -0.1) is 0 Å². The molecule has 1 amide bonds. The highest BCUT2D eigenvalue weighted by molar-refractivity contribution is 6.07. The van der Waals surface area contributed by atoms with E-state index < -0.39 is 17.5 Å². The van der Waals surface area contributed by atoms with Crippen LogP contribution in [0.2, 0.25) is 0 Å². The third-order valence-corrected chi connectivity index (χ3v) is 8.49. The molecule has 1 saturated carbocycles. The average molecular weight is 585 g/mol. The van der Waals surface area contributed by atoms with Crippen molar-refractivity contribution in [2.45, 2.75) is 63.0 Å². The van der Waals surface area contributed by atoms with E-state index in [2.05, 4.69) is 34.4 Å². The van der Waals surface area contributed by atoms with Crippen LogP contribution in [0.4, 0.5) is 5.69 Å². The molecule has 1 spiro atoms. The summed E-state index contributed by atoms with van der Waals surface area (Å²) in [6.45, 7) is 4.61. The van der Waals surface area contributed by atoms with Crippen LogP contribution in [-0.4, -0.2) is 56.9 Å². The highest BCUT2D eigenvalue weighted by Gasteiger charge is 2.50. The summed E-state index contributed by atoms with van der Waals surface area (Å²) in [5.74, 6) is 0.566. The zero-order valence-electron chi connectivity index (χ0n) is 24.3. The lowest BCUT2D eigenvalue weighted by Crippen LogP contribution is -2.46. The number of carboxylic acid groups (broad SMARTS) is 1. The molecule has 2 aromatic heterocycles. The van der Waals surface area contributed by atoms with E-state index in [-0.39, 0.29) is 23.6 Å². The lowest BCUT2D eigenvalue weighted by atomic mass is 9.79. The van der Waals surface area contributed by atoms with E-state index in [1.54, 1.807) is 0 Å². The summed E-state index contributed by atoms with van der Waals surface area (Å²) in [5, 5.41) is 27.4. The number of hydrogen-bond acceptors (Lipinski definition) is 7. The van der Waals surface area contributed by atoms with Gasteiger partial charge in [-0.05, 0) is 62.9 Å². The maximum Gasteiger partial charge on any atom is 0.337 e. The van der Waals surface area contributed by atoms with Crippen molar-refractivity contribution in [2.24, 2.45) is 0 Å². The van der Waals surface area contributed by atoms with Gasteiger partial charge in [0.2, 0.25) is 11.8 Å². The Bertz CT molecular complexity index is 1660. The second kappa shape index (κ2) is 11.3. The second-order valence-corrected chi connectivity index (χ2v) is 12.1. The zero-order chi connectivity index (χ0) is 30.2. The fraction of sp³-hybridized carbons (Fsp3) is 0.364. The van der Waals surface area contributed by atoms with Gasteiger partial charge in [0.05, 0.1) is 16.5 Å². The second-order valence-electron chi connectivity index (χ2n) is 12.1. The number of nitrogens with one attached hydrogen (secondary N) is 3. The number of H-pyrrole nitrogens is 1. The molecule has 5 N–H and O–H groups in total. The smallest absolute Gasteiger partial charge is 0.337 e. The summed E-state index contributed by atoms with van der Waals surface area (Å²) in [4.78, 5) is 31.4. The number of carbonyl (C=O) groups excluding carboxylic acids is 1. The molecular weight excluding hydrogens is 548 g/mol. The number of para-hydroxylation sites is 1. The van der Waals surface area contributed by atoms with Crippen LogP contribution in [0.25, 0.3) is 10.9 Å². The molecule has 43 heavy (non-hydrogen) atoms. The summed E-state index contributed by atoms with van der Waals surface area (Å²) >= 11 is 0. The number of carbonyl (C=O) groups is 2. The first-order valence-electron chi connectivity index (χ1n) is 14.6. The zero-order valence-corrected chi connectivity index (χ0v) is 24.3. The van der Waals surface area contributed by atoms with Crippen LogP contribution in [0.3, 0.4) is 0 Å². The van der Waals surface area contributed by atoms with E-state index in [4.69, 9.17) is 14.6 Å². The number of β-amino-alcohol motifs (C(OH)–C–C–N with tert-alkyl or cyclic N) is 1. The van der Waals surface area contributed by atoms with E-state index in [0.717, 1.165) is 53.4 Å². The number of nitrogens with zero attached hydrogens (tertiary/aromatic N) is 1. The van der Waals surface area contributed by atoms with Crippen molar-refractivity contribution in [1.29, 1.82) is 0 Å². The monoisotopic (exact) mass is 584 g/mol. The molecule has 3 heterocycles. The molecule has 10 heteroatoms. The summed E-state index contributed by atoms with van der Waals surface area (Å²) < 4.78 is 12.1. The number of rotatable bonds is 11. The van der Waals surface area contributed by atoms with Crippen molar-refractivity contribution < 1.29 is 29.3 Å². The first-order chi connectivity index (χ1) is 20.6. The van der Waals surface area contributed by atoms with Crippen molar-refractivity contribution in [3.8, 4) is 17.4 Å². The number of amides is 1.